The maximum absolute atomic E-state index is 12.2. The topological polar surface area (TPSA) is 93.6 Å². The summed E-state index contributed by atoms with van der Waals surface area (Å²) < 4.78 is 27.7. The van der Waals surface area contributed by atoms with E-state index in [0.29, 0.717) is 12.8 Å². The van der Waals surface area contributed by atoms with E-state index in [9.17, 15) is 13.2 Å². The number of amides is 1. The molecule has 1 aromatic carbocycles. The molecule has 6 nitrogen and oxygen atoms in total. The zero-order chi connectivity index (χ0) is 17.0. The first-order valence-corrected chi connectivity index (χ1v) is 8.74. The van der Waals surface area contributed by atoms with Crippen molar-refractivity contribution >= 4 is 15.9 Å². The van der Waals surface area contributed by atoms with Crippen molar-refractivity contribution in [2.24, 2.45) is 5.14 Å². The number of carbonyl (C=O) groups is 1. The Morgan fingerprint density at radius 3 is 2.43 bits per heavy atom. The second-order valence-electron chi connectivity index (χ2n) is 5.37. The summed E-state index contributed by atoms with van der Waals surface area (Å²) in [6.07, 6.45) is 2.48. The molecule has 0 fully saturated rings. The van der Waals surface area contributed by atoms with E-state index >= 15 is 0 Å². The summed E-state index contributed by atoms with van der Waals surface area (Å²) in [4.78, 5) is 13.9. The number of carbonyl (C=O) groups excluding carboxylic acids is 1. The number of hydrogen-bond donors (Lipinski definition) is 1. The number of sulfonamides is 1. The van der Waals surface area contributed by atoms with Gasteiger partial charge in [0, 0.05) is 19.9 Å². The van der Waals surface area contributed by atoms with Crippen LogP contribution in [0.3, 0.4) is 0 Å². The lowest BCUT2D eigenvalue weighted by atomic mass is 10.1. The summed E-state index contributed by atoms with van der Waals surface area (Å²) in [7, 11) is -1.98. The van der Waals surface area contributed by atoms with Gasteiger partial charge in [-0.25, -0.2) is 13.6 Å². The zero-order valence-electron chi connectivity index (χ0n) is 13.1. The van der Waals surface area contributed by atoms with Gasteiger partial charge in [-0.2, -0.15) is 0 Å². The molecule has 2 aromatic rings. The summed E-state index contributed by atoms with van der Waals surface area (Å²) in [5.41, 5.74) is 0.839. The van der Waals surface area contributed by atoms with Crippen molar-refractivity contribution in [3.05, 3.63) is 54.0 Å². The number of nitrogens with two attached hydrogens (primary N) is 1. The van der Waals surface area contributed by atoms with Gasteiger partial charge in [0.15, 0.2) is 0 Å². The van der Waals surface area contributed by atoms with Crippen LogP contribution in [0.5, 0.6) is 0 Å². The number of benzene rings is 1. The SMILES string of the molecule is C[C@H](c1ccc(S(N)(=O)=O)cc1)N(C)C(=O)CCc1ccco1. The third-order valence-electron chi connectivity index (χ3n) is 3.83. The number of nitrogens with zero attached hydrogens (tertiary/aromatic N) is 1. The summed E-state index contributed by atoms with van der Waals surface area (Å²) in [5.74, 6) is 0.765. The van der Waals surface area contributed by atoms with E-state index in [1.54, 1.807) is 36.4 Å². The van der Waals surface area contributed by atoms with Crippen molar-refractivity contribution in [3.8, 4) is 0 Å². The normalized spacial score (nSPS) is 12.8. The minimum Gasteiger partial charge on any atom is -0.469 e. The van der Waals surface area contributed by atoms with Gasteiger partial charge in [-0.1, -0.05) is 12.1 Å². The van der Waals surface area contributed by atoms with Crippen molar-refractivity contribution in [1.82, 2.24) is 4.90 Å². The summed E-state index contributed by atoms with van der Waals surface area (Å²) >= 11 is 0. The van der Waals surface area contributed by atoms with Gasteiger partial charge in [0.2, 0.25) is 15.9 Å². The molecule has 2 rings (SSSR count). The molecular weight excluding hydrogens is 316 g/mol. The molecule has 0 saturated carbocycles. The first-order chi connectivity index (χ1) is 10.8. The second kappa shape index (κ2) is 6.97. The Morgan fingerprint density at radius 2 is 1.91 bits per heavy atom. The van der Waals surface area contributed by atoms with Crippen LogP contribution in [-0.4, -0.2) is 26.3 Å². The summed E-state index contributed by atoms with van der Waals surface area (Å²) in [6.45, 7) is 1.89. The third-order valence-corrected chi connectivity index (χ3v) is 4.76. The van der Waals surface area contributed by atoms with Crippen molar-refractivity contribution in [3.63, 3.8) is 0 Å². The van der Waals surface area contributed by atoms with Crippen molar-refractivity contribution in [2.45, 2.75) is 30.7 Å². The van der Waals surface area contributed by atoms with Gasteiger partial charge in [0.1, 0.15) is 5.76 Å². The van der Waals surface area contributed by atoms with Gasteiger partial charge in [-0.3, -0.25) is 4.79 Å². The van der Waals surface area contributed by atoms with Gasteiger partial charge < -0.3 is 9.32 Å². The first kappa shape index (κ1) is 17.2. The van der Waals surface area contributed by atoms with Gasteiger partial charge in [0.25, 0.3) is 0 Å². The first-order valence-electron chi connectivity index (χ1n) is 7.20. The highest BCUT2D eigenvalue weighted by atomic mass is 32.2. The molecule has 7 heteroatoms. The Hall–Kier alpha value is -2.12. The van der Waals surface area contributed by atoms with Gasteiger partial charge in [0.05, 0.1) is 17.2 Å². The lowest BCUT2D eigenvalue weighted by Crippen LogP contribution is -2.29. The maximum Gasteiger partial charge on any atom is 0.238 e. The van der Waals surface area contributed by atoms with Crippen LogP contribution in [-0.2, 0) is 21.2 Å². The van der Waals surface area contributed by atoms with Crippen molar-refractivity contribution in [1.29, 1.82) is 0 Å². The lowest BCUT2D eigenvalue weighted by molar-refractivity contribution is -0.131. The Kier molecular flexibility index (Phi) is 5.23. The van der Waals surface area contributed by atoms with Gasteiger partial charge in [-0.05, 0) is 36.8 Å². The molecule has 0 aliphatic carbocycles. The molecule has 23 heavy (non-hydrogen) atoms. The monoisotopic (exact) mass is 336 g/mol. The quantitative estimate of drug-likeness (QED) is 0.874. The largest absolute Gasteiger partial charge is 0.469 e. The molecule has 1 atom stereocenters. The van der Waals surface area contributed by atoms with Crippen LogP contribution >= 0.6 is 0 Å². The lowest BCUT2D eigenvalue weighted by Gasteiger charge is -2.25. The predicted molar refractivity (Wildman–Crippen MR) is 86.0 cm³/mol. The molecule has 0 bridgehead atoms. The average Bonchev–Trinajstić information content (AvgIpc) is 3.04. The molecule has 0 spiro atoms. The number of hydrogen-bond acceptors (Lipinski definition) is 4. The molecule has 2 N–H and O–H groups in total. The molecular formula is C16H20N2O4S. The molecule has 0 saturated heterocycles. The smallest absolute Gasteiger partial charge is 0.238 e. The van der Waals surface area contributed by atoms with E-state index in [2.05, 4.69) is 0 Å². The Labute approximate surface area is 135 Å². The minimum atomic E-state index is -3.71. The summed E-state index contributed by atoms with van der Waals surface area (Å²) in [5, 5.41) is 5.08. The number of furan rings is 1. The predicted octanol–water partition coefficient (Wildman–Crippen LogP) is 2.08. The number of aryl methyl sites for hydroxylation is 1. The van der Waals surface area contributed by atoms with E-state index < -0.39 is 10.0 Å². The Balaban J connectivity index is 2.00. The van der Waals surface area contributed by atoms with Crippen LogP contribution in [0, 0.1) is 0 Å². The van der Waals surface area contributed by atoms with Crippen molar-refractivity contribution in [2.75, 3.05) is 7.05 Å². The highest BCUT2D eigenvalue weighted by Gasteiger charge is 2.18. The fourth-order valence-electron chi connectivity index (χ4n) is 2.24. The van der Waals surface area contributed by atoms with Crippen LogP contribution in [0.25, 0.3) is 0 Å². The zero-order valence-corrected chi connectivity index (χ0v) is 13.9. The molecule has 0 aliphatic heterocycles. The van der Waals surface area contributed by atoms with Crippen LogP contribution < -0.4 is 5.14 Å². The number of primary sulfonamides is 1. The van der Waals surface area contributed by atoms with E-state index in [4.69, 9.17) is 9.56 Å². The van der Waals surface area contributed by atoms with Crippen LogP contribution in [0.4, 0.5) is 0 Å². The highest BCUT2D eigenvalue weighted by molar-refractivity contribution is 7.89. The van der Waals surface area contributed by atoms with E-state index in [1.165, 1.54) is 12.1 Å². The number of rotatable bonds is 6. The van der Waals surface area contributed by atoms with Crippen LogP contribution in [0.15, 0.2) is 52.0 Å². The average molecular weight is 336 g/mol. The van der Waals surface area contributed by atoms with Gasteiger partial charge >= 0.3 is 0 Å². The van der Waals surface area contributed by atoms with Crippen LogP contribution in [0.2, 0.25) is 0 Å². The fraction of sp³-hybridized carbons (Fsp3) is 0.312. The molecule has 124 valence electrons. The highest BCUT2D eigenvalue weighted by Crippen LogP contribution is 2.21. The Bertz CT molecular complexity index is 752. The van der Waals surface area contributed by atoms with E-state index in [-0.39, 0.29) is 16.8 Å². The molecule has 1 amide bonds. The van der Waals surface area contributed by atoms with E-state index in [1.807, 2.05) is 13.0 Å². The Morgan fingerprint density at radius 1 is 1.26 bits per heavy atom. The standard InChI is InChI=1S/C16H20N2O4S/c1-12(13-5-8-15(9-6-13)23(17,20)21)18(2)16(19)10-7-14-4-3-11-22-14/h3-6,8-9,11-12H,7,10H2,1-2H3,(H2,17,20,21)/t12-/m1/s1. The molecule has 1 heterocycles. The minimum absolute atomic E-state index is 0.00979. The molecule has 0 radical (unpaired) electrons. The van der Waals surface area contributed by atoms with Gasteiger partial charge in [-0.15, -0.1) is 0 Å². The molecule has 0 aliphatic rings. The van der Waals surface area contributed by atoms with Crippen LogP contribution in [0.1, 0.15) is 30.7 Å². The maximum atomic E-state index is 12.2. The molecule has 0 unspecified atom stereocenters. The fourth-order valence-corrected chi connectivity index (χ4v) is 2.75. The van der Waals surface area contributed by atoms with E-state index in [0.717, 1.165) is 11.3 Å². The summed E-state index contributed by atoms with van der Waals surface area (Å²) in [6, 6.07) is 9.68. The molecule has 1 aromatic heterocycles. The third kappa shape index (κ3) is 4.43. The van der Waals surface area contributed by atoms with Crippen molar-refractivity contribution < 1.29 is 17.6 Å². The second-order valence-corrected chi connectivity index (χ2v) is 6.94.